The molecule has 0 bridgehead atoms. The van der Waals surface area contributed by atoms with E-state index in [1.807, 2.05) is 6.92 Å². The minimum Gasteiger partial charge on any atom is -0.462 e. The predicted octanol–water partition coefficient (Wildman–Crippen LogP) is 3.59. The molecule has 0 radical (unpaired) electrons. The maximum atomic E-state index is 13.2. The first-order valence-corrected chi connectivity index (χ1v) is 9.85. The molecule has 2 unspecified atom stereocenters. The summed E-state index contributed by atoms with van der Waals surface area (Å²) in [6, 6.07) is 5.84. The number of Topliss-reactive ketones (excluding diaryl/α,β-unsaturated/α-hetero) is 1. The summed E-state index contributed by atoms with van der Waals surface area (Å²) in [7, 11) is 0. The quantitative estimate of drug-likeness (QED) is 0.591. The maximum absolute atomic E-state index is 13.2. The molecule has 3 rings (SSSR count). The van der Waals surface area contributed by atoms with Gasteiger partial charge in [-0.15, -0.1) is 0 Å². The maximum Gasteiger partial charge on any atom is 0.340 e. The van der Waals surface area contributed by atoms with E-state index in [1.54, 1.807) is 32.9 Å². The van der Waals surface area contributed by atoms with Gasteiger partial charge in [0.15, 0.2) is 5.78 Å². The first kappa shape index (κ1) is 21.2. The van der Waals surface area contributed by atoms with Crippen LogP contribution in [0.3, 0.4) is 0 Å². The molecule has 29 heavy (non-hydrogen) atoms. The number of esters is 1. The molecular weight excluding hydrogens is 375 g/mol. The van der Waals surface area contributed by atoms with Crippen LogP contribution in [-0.2, 0) is 9.47 Å². The van der Waals surface area contributed by atoms with Crippen molar-refractivity contribution in [2.45, 2.75) is 39.8 Å². The second-order valence-corrected chi connectivity index (χ2v) is 7.29. The number of aryl methyl sites for hydroxylation is 1. The van der Waals surface area contributed by atoms with Crippen LogP contribution in [0, 0.1) is 19.7 Å². The van der Waals surface area contributed by atoms with E-state index in [-0.39, 0.29) is 24.3 Å². The number of morpholine rings is 1. The number of ether oxygens (including phenoxy) is 2. The SMILES string of the molecule is CCOC(=O)c1c(C)[nH]c(C(=O)C(C)N2CCOC(c3ccc(F)cc3)C2)c1C. The molecule has 1 aromatic heterocycles. The fraction of sp³-hybridized carbons (Fsp3) is 0.455. The molecule has 2 atom stereocenters. The molecule has 1 aromatic carbocycles. The number of benzene rings is 1. The van der Waals surface area contributed by atoms with Crippen molar-refractivity contribution < 1.29 is 23.5 Å². The number of ketones is 1. The summed E-state index contributed by atoms with van der Waals surface area (Å²) in [6.45, 7) is 9.04. The van der Waals surface area contributed by atoms with Crippen molar-refractivity contribution in [1.29, 1.82) is 0 Å². The largest absolute Gasteiger partial charge is 0.462 e. The van der Waals surface area contributed by atoms with E-state index in [9.17, 15) is 14.0 Å². The molecule has 0 amide bonds. The molecule has 156 valence electrons. The number of carbonyl (C=O) groups is 2. The highest BCUT2D eigenvalue weighted by Crippen LogP contribution is 2.26. The number of aromatic amines is 1. The average molecular weight is 402 g/mol. The smallest absolute Gasteiger partial charge is 0.340 e. The highest BCUT2D eigenvalue weighted by molar-refractivity contribution is 6.03. The third-order valence-corrected chi connectivity index (χ3v) is 5.43. The van der Waals surface area contributed by atoms with Gasteiger partial charge in [-0.3, -0.25) is 9.69 Å². The normalized spacial score (nSPS) is 18.4. The number of carbonyl (C=O) groups excluding carboxylic acids is 2. The number of nitrogens with zero attached hydrogens (tertiary/aromatic N) is 1. The van der Waals surface area contributed by atoms with Crippen LogP contribution in [0.15, 0.2) is 24.3 Å². The van der Waals surface area contributed by atoms with E-state index in [1.165, 1.54) is 12.1 Å². The Hall–Kier alpha value is -2.51. The number of rotatable bonds is 6. The topological polar surface area (TPSA) is 71.6 Å². The fourth-order valence-corrected chi connectivity index (χ4v) is 3.78. The Kier molecular flexibility index (Phi) is 6.49. The Labute approximate surface area is 170 Å². The number of nitrogens with one attached hydrogen (secondary N) is 1. The number of aromatic nitrogens is 1. The Morgan fingerprint density at radius 1 is 1.31 bits per heavy atom. The lowest BCUT2D eigenvalue weighted by atomic mass is 10.0. The molecule has 0 aliphatic carbocycles. The molecule has 1 aliphatic rings. The van der Waals surface area contributed by atoms with Crippen molar-refractivity contribution in [2.24, 2.45) is 0 Å². The van der Waals surface area contributed by atoms with Crippen LogP contribution in [-0.4, -0.2) is 54.0 Å². The summed E-state index contributed by atoms with van der Waals surface area (Å²) >= 11 is 0. The Morgan fingerprint density at radius 2 is 2.00 bits per heavy atom. The number of hydrogen-bond donors (Lipinski definition) is 1. The van der Waals surface area contributed by atoms with E-state index in [0.717, 1.165) is 5.56 Å². The standard InChI is InChI=1S/C22H27FN2O4/c1-5-28-22(27)19-13(2)20(24-14(19)3)21(26)15(4)25-10-11-29-18(12-25)16-6-8-17(23)9-7-16/h6-9,15,18,24H,5,10-12H2,1-4H3. The van der Waals surface area contributed by atoms with Gasteiger partial charge in [-0.05, 0) is 51.0 Å². The van der Waals surface area contributed by atoms with E-state index < -0.39 is 12.0 Å². The van der Waals surface area contributed by atoms with Crippen molar-refractivity contribution in [2.75, 3.05) is 26.3 Å². The van der Waals surface area contributed by atoms with Gasteiger partial charge in [0.2, 0.25) is 0 Å². The van der Waals surface area contributed by atoms with Crippen LogP contribution in [0.1, 0.15) is 57.6 Å². The second kappa shape index (κ2) is 8.88. The molecule has 1 aliphatic heterocycles. The zero-order chi connectivity index (χ0) is 21.1. The van der Waals surface area contributed by atoms with Crippen molar-refractivity contribution >= 4 is 11.8 Å². The zero-order valence-electron chi connectivity index (χ0n) is 17.3. The van der Waals surface area contributed by atoms with Gasteiger partial charge in [0.25, 0.3) is 0 Å². The molecule has 7 heteroatoms. The van der Waals surface area contributed by atoms with E-state index in [0.29, 0.717) is 42.2 Å². The molecule has 0 spiro atoms. The van der Waals surface area contributed by atoms with Crippen molar-refractivity contribution in [3.8, 4) is 0 Å². The van der Waals surface area contributed by atoms with Crippen LogP contribution < -0.4 is 0 Å². The second-order valence-electron chi connectivity index (χ2n) is 7.29. The number of hydrogen-bond acceptors (Lipinski definition) is 5. The molecule has 1 saturated heterocycles. The van der Waals surface area contributed by atoms with E-state index in [4.69, 9.17) is 9.47 Å². The summed E-state index contributed by atoms with van der Waals surface area (Å²) in [5, 5.41) is 0. The molecule has 2 heterocycles. The summed E-state index contributed by atoms with van der Waals surface area (Å²) in [5.74, 6) is -0.797. The highest BCUT2D eigenvalue weighted by atomic mass is 19.1. The average Bonchev–Trinajstić information content (AvgIpc) is 3.01. The molecule has 6 nitrogen and oxygen atoms in total. The van der Waals surface area contributed by atoms with Crippen molar-refractivity contribution in [3.63, 3.8) is 0 Å². The minimum atomic E-state index is -0.423. The Bertz CT molecular complexity index is 891. The summed E-state index contributed by atoms with van der Waals surface area (Å²) in [5.41, 5.74) is 2.98. The lowest BCUT2D eigenvalue weighted by Crippen LogP contribution is -2.47. The molecule has 1 fully saturated rings. The molecule has 0 saturated carbocycles. The Morgan fingerprint density at radius 3 is 2.66 bits per heavy atom. The van der Waals surface area contributed by atoms with Gasteiger partial charge in [-0.2, -0.15) is 0 Å². The van der Waals surface area contributed by atoms with Gasteiger partial charge in [0.1, 0.15) is 5.82 Å². The zero-order valence-corrected chi connectivity index (χ0v) is 17.3. The molecular formula is C22H27FN2O4. The van der Waals surface area contributed by atoms with Gasteiger partial charge in [0.05, 0.1) is 36.6 Å². The monoisotopic (exact) mass is 402 g/mol. The number of H-pyrrole nitrogens is 1. The molecule has 1 N–H and O–H groups in total. The third kappa shape index (κ3) is 4.41. The summed E-state index contributed by atoms with van der Waals surface area (Å²) in [6.07, 6.45) is -0.221. The van der Waals surface area contributed by atoms with E-state index >= 15 is 0 Å². The lowest BCUT2D eigenvalue weighted by Gasteiger charge is -2.36. The number of halogens is 1. The van der Waals surface area contributed by atoms with Crippen molar-refractivity contribution in [1.82, 2.24) is 9.88 Å². The van der Waals surface area contributed by atoms with E-state index in [2.05, 4.69) is 9.88 Å². The summed E-state index contributed by atoms with van der Waals surface area (Å²) in [4.78, 5) is 30.5. The van der Waals surface area contributed by atoms with Gasteiger partial charge >= 0.3 is 5.97 Å². The fourth-order valence-electron chi connectivity index (χ4n) is 3.78. The van der Waals surface area contributed by atoms with Gasteiger partial charge < -0.3 is 14.5 Å². The van der Waals surface area contributed by atoms with Crippen LogP contribution in [0.25, 0.3) is 0 Å². The summed E-state index contributed by atoms with van der Waals surface area (Å²) < 4.78 is 24.1. The van der Waals surface area contributed by atoms with Gasteiger partial charge in [0, 0.05) is 18.8 Å². The first-order valence-electron chi connectivity index (χ1n) is 9.85. The molecule has 2 aromatic rings. The van der Waals surface area contributed by atoms with Crippen LogP contribution in [0.2, 0.25) is 0 Å². The van der Waals surface area contributed by atoms with Crippen molar-refractivity contribution in [3.05, 3.63) is 58.2 Å². The highest BCUT2D eigenvalue weighted by Gasteiger charge is 2.32. The van der Waals surface area contributed by atoms with Crippen LogP contribution in [0.4, 0.5) is 4.39 Å². The van der Waals surface area contributed by atoms with Crippen LogP contribution >= 0.6 is 0 Å². The predicted molar refractivity (Wildman–Crippen MR) is 107 cm³/mol. The minimum absolute atomic E-state index is 0.0825. The first-order chi connectivity index (χ1) is 13.8. The van der Waals surface area contributed by atoms with Gasteiger partial charge in [-0.1, -0.05) is 12.1 Å². The lowest BCUT2D eigenvalue weighted by molar-refractivity contribution is -0.0388. The third-order valence-electron chi connectivity index (χ3n) is 5.43. The Balaban J connectivity index is 1.77. The van der Waals surface area contributed by atoms with Crippen LogP contribution in [0.5, 0.6) is 0 Å². The van der Waals surface area contributed by atoms with Gasteiger partial charge in [-0.25, -0.2) is 9.18 Å².